The lowest BCUT2D eigenvalue weighted by molar-refractivity contribution is -0.121. The first-order valence-corrected chi connectivity index (χ1v) is 8.90. The van der Waals surface area contributed by atoms with E-state index < -0.39 is 0 Å². The molecule has 1 unspecified atom stereocenters. The number of halogens is 1. The predicted molar refractivity (Wildman–Crippen MR) is 120 cm³/mol. The van der Waals surface area contributed by atoms with Gasteiger partial charge in [0.2, 0.25) is 5.91 Å². The summed E-state index contributed by atoms with van der Waals surface area (Å²) in [5.74, 6) is 0.599. The molecular formula is C19H32IN5O. The molecule has 1 heterocycles. The average molecular weight is 473 g/mol. The summed E-state index contributed by atoms with van der Waals surface area (Å²) in [6.07, 6.45) is 1.09. The molecule has 1 aromatic rings. The normalized spacial score (nSPS) is 16.6. The average Bonchev–Trinajstić information content (AvgIpc) is 2.84. The lowest BCUT2D eigenvalue weighted by Gasteiger charge is -2.25. The van der Waals surface area contributed by atoms with Gasteiger partial charge in [0.25, 0.3) is 0 Å². The third-order valence-electron chi connectivity index (χ3n) is 4.15. The molecule has 0 saturated carbocycles. The van der Waals surface area contributed by atoms with Crippen LogP contribution in [0.1, 0.15) is 33.3 Å². The van der Waals surface area contributed by atoms with Gasteiger partial charge in [-0.05, 0) is 45.7 Å². The maximum atomic E-state index is 11.9. The molecule has 0 aromatic heterocycles. The van der Waals surface area contributed by atoms with Crippen molar-refractivity contribution in [1.82, 2.24) is 16.0 Å². The first-order valence-electron chi connectivity index (χ1n) is 8.90. The number of hydrogen-bond acceptors (Lipinski definition) is 3. The van der Waals surface area contributed by atoms with Crippen LogP contribution in [-0.2, 0) is 11.2 Å². The number of anilines is 1. The number of aliphatic imine (C=N–C) groups is 1. The van der Waals surface area contributed by atoms with Crippen LogP contribution in [0.25, 0.3) is 0 Å². The monoisotopic (exact) mass is 473 g/mol. The molecular weight excluding hydrogens is 441 g/mol. The van der Waals surface area contributed by atoms with E-state index in [2.05, 4.69) is 57.0 Å². The fraction of sp³-hybridized carbons (Fsp3) is 0.579. The van der Waals surface area contributed by atoms with E-state index in [1.165, 1.54) is 11.3 Å². The molecule has 2 rings (SSSR count). The van der Waals surface area contributed by atoms with Gasteiger partial charge in [-0.25, -0.2) is 0 Å². The number of carbonyl (C=O) groups excluding carboxylic acids is 1. The lowest BCUT2D eigenvalue weighted by Crippen LogP contribution is -2.49. The summed E-state index contributed by atoms with van der Waals surface area (Å²) in [6, 6.07) is 9.08. The number of rotatable bonds is 5. The fourth-order valence-corrected chi connectivity index (χ4v) is 3.11. The molecule has 3 N–H and O–H groups in total. The second-order valence-corrected chi connectivity index (χ2v) is 7.53. The zero-order chi connectivity index (χ0) is 18.4. The van der Waals surface area contributed by atoms with Gasteiger partial charge in [0.1, 0.15) is 0 Å². The number of para-hydroxylation sites is 1. The first-order chi connectivity index (χ1) is 11.8. The van der Waals surface area contributed by atoms with Crippen LogP contribution in [0.5, 0.6) is 0 Å². The van der Waals surface area contributed by atoms with Crippen molar-refractivity contribution < 1.29 is 4.79 Å². The fourth-order valence-electron chi connectivity index (χ4n) is 3.11. The zero-order valence-electron chi connectivity index (χ0n) is 16.4. The third-order valence-corrected chi connectivity index (χ3v) is 4.15. The number of benzene rings is 1. The SMILES string of the molecule is CN=C(NCCN1c2ccccc2CC1C)NCC(=O)NC(C)(C)C.I. The van der Waals surface area contributed by atoms with E-state index in [1.54, 1.807) is 7.05 Å². The minimum absolute atomic E-state index is 0. The molecule has 7 heteroatoms. The van der Waals surface area contributed by atoms with Crippen LogP contribution in [0.4, 0.5) is 5.69 Å². The van der Waals surface area contributed by atoms with Crippen molar-refractivity contribution in [1.29, 1.82) is 0 Å². The van der Waals surface area contributed by atoms with Crippen LogP contribution in [0.3, 0.4) is 0 Å². The van der Waals surface area contributed by atoms with Gasteiger partial charge in [-0.3, -0.25) is 9.79 Å². The molecule has 0 fully saturated rings. The summed E-state index contributed by atoms with van der Waals surface area (Å²) in [5, 5.41) is 9.26. The molecule has 0 radical (unpaired) electrons. The highest BCUT2D eigenvalue weighted by atomic mass is 127. The zero-order valence-corrected chi connectivity index (χ0v) is 18.8. The van der Waals surface area contributed by atoms with Crippen LogP contribution >= 0.6 is 24.0 Å². The summed E-state index contributed by atoms with van der Waals surface area (Å²) < 4.78 is 0. The summed E-state index contributed by atoms with van der Waals surface area (Å²) in [7, 11) is 1.71. The quantitative estimate of drug-likeness (QED) is 0.348. The van der Waals surface area contributed by atoms with Crippen molar-refractivity contribution in [3.05, 3.63) is 29.8 Å². The number of fused-ring (bicyclic) bond motifs is 1. The summed E-state index contributed by atoms with van der Waals surface area (Å²) in [5.41, 5.74) is 2.51. The predicted octanol–water partition coefficient (Wildman–Crippen LogP) is 2.14. The van der Waals surface area contributed by atoms with Crippen LogP contribution in [0.2, 0.25) is 0 Å². The molecule has 1 aromatic carbocycles. The standard InChI is InChI=1S/C19H31N5O.HI/c1-14-12-15-8-6-7-9-16(15)24(14)11-10-21-18(20-5)22-13-17(25)23-19(2,3)4;/h6-9,14H,10-13H2,1-5H3,(H,23,25)(H2,20,21,22);1H. The maximum absolute atomic E-state index is 11.9. The van der Waals surface area contributed by atoms with E-state index >= 15 is 0 Å². The number of hydrogen-bond donors (Lipinski definition) is 3. The Morgan fingerprint density at radius 2 is 1.96 bits per heavy atom. The van der Waals surface area contributed by atoms with Crippen molar-refractivity contribution in [2.45, 2.75) is 45.7 Å². The largest absolute Gasteiger partial charge is 0.367 e. The van der Waals surface area contributed by atoms with Crippen molar-refractivity contribution in [3.63, 3.8) is 0 Å². The second kappa shape index (κ2) is 9.99. The van der Waals surface area contributed by atoms with E-state index in [-0.39, 0.29) is 42.0 Å². The van der Waals surface area contributed by atoms with Crippen LogP contribution in [0, 0.1) is 0 Å². The van der Waals surface area contributed by atoms with Crippen molar-refractivity contribution in [2.24, 2.45) is 4.99 Å². The van der Waals surface area contributed by atoms with Gasteiger partial charge in [0, 0.05) is 37.4 Å². The highest BCUT2D eigenvalue weighted by Crippen LogP contribution is 2.31. The second-order valence-electron chi connectivity index (χ2n) is 7.53. The Bertz CT molecular complexity index is 627. The third kappa shape index (κ3) is 6.66. The Morgan fingerprint density at radius 1 is 1.27 bits per heavy atom. The molecule has 1 atom stereocenters. The molecule has 0 aliphatic carbocycles. The van der Waals surface area contributed by atoms with Gasteiger partial charge in [-0.2, -0.15) is 0 Å². The molecule has 146 valence electrons. The molecule has 0 saturated heterocycles. The number of nitrogens with one attached hydrogen (secondary N) is 3. The van der Waals surface area contributed by atoms with Gasteiger partial charge in [0.05, 0.1) is 6.54 Å². The van der Waals surface area contributed by atoms with Crippen molar-refractivity contribution >= 4 is 41.5 Å². The Balaban J connectivity index is 0.00000338. The van der Waals surface area contributed by atoms with Crippen LogP contribution in [0.15, 0.2) is 29.3 Å². The minimum Gasteiger partial charge on any atom is -0.367 e. The Hall–Kier alpha value is -1.51. The highest BCUT2D eigenvalue weighted by Gasteiger charge is 2.24. The molecule has 1 amide bonds. The molecule has 0 bridgehead atoms. The van der Waals surface area contributed by atoms with Crippen LogP contribution < -0.4 is 20.9 Å². The van der Waals surface area contributed by atoms with E-state index in [9.17, 15) is 4.79 Å². The number of nitrogens with zero attached hydrogens (tertiary/aromatic N) is 2. The maximum Gasteiger partial charge on any atom is 0.239 e. The smallest absolute Gasteiger partial charge is 0.239 e. The van der Waals surface area contributed by atoms with E-state index in [1.807, 2.05) is 20.8 Å². The minimum atomic E-state index is -0.227. The molecule has 0 spiro atoms. The Kier molecular flexibility index (Phi) is 8.66. The first kappa shape index (κ1) is 22.5. The topological polar surface area (TPSA) is 68.8 Å². The van der Waals surface area contributed by atoms with E-state index in [0.29, 0.717) is 12.0 Å². The summed E-state index contributed by atoms with van der Waals surface area (Å²) in [6.45, 7) is 10.0. The number of guanidine groups is 1. The number of carbonyl (C=O) groups is 1. The Morgan fingerprint density at radius 3 is 2.62 bits per heavy atom. The number of amides is 1. The molecule has 1 aliphatic heterocycles. The lowest BCUT2D eigenvalue weighted by atomic mass is 10.1. The van der Waals surface area contributed by atoms with Gasteiger partial charge in [0.15, 0.2) is 5.96 Å². The molecule has 6 nitrogen and oxygen atoms in total. The Labute approximate surface area is 174 Å². The molecule has 1 aliphatic rings. The van der Waals surface area contributed by atoms with Gasteiger partial charge in [-0.1, -0.05) is 18.2 Å². The highest BCUT2D eigenvalue weighted by molar-refractivity contribution is 14.0. The van der Waals surface area contributed by atoms with Gasteiger partial charge < -0.3 is 20.9 Å². The van der Waals surface area contributed by atoms with E-state index in [0.717, 1.165) is 19.5 Å². The van der Waals surface area contributed by atoms with Gasteiger partial charge >= 0.3 is 0 Å². The van der Waals surface area contributed by atoms with E-state index in [4.69, 9.17) is 0 Å². The van der Waals surface area contributed by atoms with Gasteiger partial charge in [-0.15, -0.1) is 24.0 Å². The molecule has 26 heavy (non-hydrogen) atoms. The summed E-state index contributed by atoms with van der Waals surface area (Å²) >= 11 is 0. The van der Waals surface area contributed by atoms with Crippen LogP contribution in [-0.4, -0.2) is 50.1 Å². The van der Waals surface area contributed by atoms with Crippen molar-refractivity contribution in [2.75, 3.05) is 31.6 Å². The van der Waals surface area contributed by atoms with Crippen molar-refractivity contribution in [3.8, 4) is 0 Å². The summed E-state index contributed by atoms with van der Waals surface area (Å²) in [4.78, 5) is 18.5.